The minimum atomic E-state index is -0.547. The van der Waals surface area contributed by atoms with Gasteiger partial charge in [0.15, 0.2) is 11.5 Å². The van der Waals surface area contributed by atoms with Crippen LogP contribution in [0.3, 0.4) is 0 Å². The van der Waals surface area contributed by atoms with E-state index in [2.05, 4.69) is 17.1 Å². The van der Waals surface area contributed by atoms with Gasteiger partial charge in [0.05, 0.1) is 24.0 Å². The summed E-state index contributed by atoms with van der Waals surface area (Å²) in [5.41, 5.74) is 3.05. The molecule has 2 rings (SSSR count). The fourth-order valence-corrected chi connectivity index (χ4v) is 2.70. The minimum Gasteiger partial charge on any atom is -0.493 e. The van der Waals surface area contributed by atoms with Crippen molar-refractivity contribution in [1.29, 1.82) is 0 Å². The van der Waals surface area contributed by atoms with Crippen molar-refractivity contribution >= 4 is 35.5 Å². The summed E-state index contributed by atoms with van der Waals surface area (Å²) < 4.78 is 10.5. The maximum atomic E-state index is 12.0. The number of nitro benzene ring substituents is 1. The lowest BCUT2D eigenvalue weighted by Crippen LogP contribution is -2.17. The van der Waals surface area contributed by atoms with Crippen LogP contribution in [0.2, 0.25) is 0 Å². The van der Waals surface area contributed by atoms with E-state index < -0.39 is 16.8 Å². The van der Waals surface area contributed by atoms with E-state index in [0.29, 0.717) is 17.1 Å². The highest BCUT2D eigenvalue weighted by Crippen LogP contribution is 2.28. The molecule has 0 saturated carbocycles. The smallest absolute Gasteiger partial charge is 0.321 e. The molecule has 1 N–H and O–H groups in total. The molecular weight excluding hydrogens is 410 g/mol. The van der Waals surface area contributed by atoms with Crippen LogP contribution < -0.4 is 14.9 Å². The number of nitrogens with one attached hydrogen (secondary N) is 1. The highest BCUT2D eigenvalue weighted by Gasteiger charge is 2.11. The van der Waals surface area contributed by atoms with Gasteiger partial charge in [0.1, 0.15) is 0 Å². The molecule has 0 saturated heterocycles. The number of amides is 1. The summed E-state index contributed by atoms with van der Waals surface area (Å²) in [6, 6.07) is 9.95. The third-order valence-electron chi connectivity index (χ3n) is 3.59. The minimum absolute atomic E-state index is 0.109. The third-order valence-corrected chi connectivity index (χ3v) is 4.50. The average molecular weight is 429 g/mol. The Morgan fingerprint density at radius 2 is 1.97 bits per heavy atom. The van der Waals surface area contributed by atoms with Crippen molar-refractivity contribution in [1.82, 2.24) is 5.43 Å². The quantitative estimate of drug-likeness (QED) is 0.117. The van der Waals surface area contributed by atoms with Crippen LogP contribution >= 0.6 is 11.8 Å². The number of ether oxygens (including phenoxy) is 2. The topological polar surface area (TPSA) is 120 Å². The first-order chi connectivity index (χ1) is 14.4. The van der Waals surface area contributed by atoms with Crippen LogP contribution in [0.5, 0.6) is 11.5 Å². The van der Waals surface area contributed by atoms with Gasteiger partial charge in [0.2, 0.25) is 0 Å². The molecule has 0 aliphatic carbocycles. The van der Waals surface area contributed by atoms with Gasteiger partial charge >= 0.3 is 5.97 Å². The maximum Gasteiger partial charge on any atom is 0.321 e. The zero-order valence-corrected chi connectivity index (χ0v) is 16.9. The molecule has 0 aliphatic rings. The second-order valence-corrected chi connectivity index (χ2v) is 6.72. The fraction of sp³-hybridized carbons (Fsp3) is 0.150. The van der Waals surface area contributed by atoms with E-state index in [1.165, 1.54) is 49.4 Å². The number of methoxy groups -OCH3 is 1. The van der Waals surface area contributed by atoms with E-state index >= 15 is 0 Å². The SMILES string of the molecule is C=CCSCC(=O)Oc1ccc(/C=N/NC(=O)c2ccc([N+](=O)[O-])cc2)cc1OC. The molecular formula is C20H19N3O6S. The van der Waals surface area contributed by atoms with E-state index in [0.717, 1.165) is 0 Å². The zero-order valence-electron chi connectivity index (χ0n) is 16.1. The van der Waals surface area contributed by atoms with E-state index in [1.807, 2.05) is 0 Å². The van der Waals surface area contributed by atoms with Crippen LogP contribution in [-0.4, -0.2) is 41.6 Å². The molecule has 0 unspecified atom stereocenters. The molecule has 0 bridgehead atoms. The Labute approximate surface area is 176 Å². The number of carbonyl (C=O) groups excluding carboxylic acids is 2. The van der Waals surface area contributed by atoms with Gasteiger partial charge in [0.25, 0.3) is 11.6 Å². The number of hydrogen-bond acceptors (Lipinski definition) is 8. The number of non-ortho nitro benzene ring substituents is 1. The maximum absolute atomic E-state index is 12.0. The van der Waals surface area contributed by atoms with Crippen LogP contribution in [0.15, 0.2) is 60.2 Å². The van der Waals surface area contributed by atoms with Crippen LogP contribution in [0.25, 0.3) is 0 Å². The number of rotatable bonds is 10. The molecule has 156 valence electrons. The Balaban J connectivity index is 1.98. The summed E-state index contributed by atoms with van der Waals surface area (Å²) in [6.45, 7) is 3.58. The second kappa shape index (κ2) is 11.4. The highest BCUT2D eigenvalue weighted by molar-refractivity contribution is 8.00. The van der Waals surface area contributed by atoms with Crippen LogP contribution in [0.1, 0.15) is 15.9 Å². The number of nitrogens with zero attached hydrogens (tertiary/aromatic N) is 2. The lowest BCUT2D eigenvalue weighted by molar-refractivity contribution is -0.384. The van der Waals surface area contributed by atoms with Crippen molar-refractivity contribution in [3.63, 3.8) is 0 Å². The van der Waals surface area contributed by atoms with E-state index in [9.17, 15) is 19.7 Å². The lowest BCUT2D eigenvalue weighted by atomic mass is 10.2. The van der Waals surface area contributed by atoms with Crippen molar-refractivity contribution in [2.45, 2.75) is 0 Å². The molecule has 9 nitrogen and oxygen atoms in total. The van der Waals surface area contributed by atoms with Crippen molar-refractivity contribution in [2.75, 3.05) is 18.6 Å². The molecule has 0 radical (unpaired) electrons. The number of benzene rings is 2. The van der Waals surface area contributed by atoms with Gasteiger partial charge in [-0.25, -0.2) is 5.43 Å². The molecule has 0 aliphatic heterocycles. The average Bonchev–Trinajstić information content (AvgIpc) is 2.74. The number of esters is 1. The summed E-state index contributed by atoms with van der Waals surface area (Å²) in [5.74, 6) is 0.518. The van der Waals surface area contributed by atoms with E-state index in [-0.39, 0.29) is 22.8 Å². The normalized spacial score (nSPS) is 10.4. The van der Waals surface area contributed by atoms with Gasteiger partial charge in [-0.3, -0.25) is 19.7 Å². The predicted molar refractivity (Wildman–Crippen MR) is 114 cm³/mol. The molecule has 1 amide bonds. The van der Waals surface area contributed by atoms with Crippen LogP contribution in [-0.2, 0) is 4.79 Å². The van der Waals surface area contributed by atoms with E-state index in [4.69, 9.17) is 9.47 Å². The summed E-state index contributed by atoms with van der Waals surface area (Å²) in [6.07, 6.45) is 3.09. The number of carbonyl (C=O) groups is 2. The first-order valence-corrected chi connectivity index (χ1v) is 9.75. The van der Waals surface area contributed by atoms with Crippen molar-refractivity contribution in [2.24, 2.45) is 5.10 Å². The molecule has 0 fully saturated rings. The largest absolute Gasteiger partial charge is 0.493 e. The molecule has 0 heterocycles. The number of hydrazone groups is 1. The van der Waals surface area contributed by atoms with Gasteiger partial charge in [-0.15, -0.1) is 18.3 Å². The molecule has 0 aromatic heterocycles. The predicted octanol–water partition coefficient (Wildman–Crippen LogP) is 3.19. The third kappa shape index (κ3) is 6.74. The molecule has 30 heavy (non-hydrogen) atoms. The van der Waals surface area contributed by atoms with Crippen molar-refractivity contribution < 1.29 is 24.0 Å². The summed E-state index contributed by atoms with van der Waals surface area (Å²) in [4.78, 5) is 34.0. The molecule has 0 spiro atoms. The highest BCUT2D eigenvalue weighted by atomic mass is 32.2. The molecule has 2 aromatic rings. The first-order valence-electron chi connectivity index (χ1n) is 8.59. The summed E-state index contributed by atoms with van der Waals surface area (Å²) >= 11 is 1.38. The number of hydrogen-bond donors (Lipinski definition) is 1. The van der Waals surface area contributed by atoms with E-state index in [1.54, 1.807) is 24.3 Å². The van der Waals surface area contributed by atoms with Crippen molar-refractivity contribution in [3.05, 3.63) is 76.4 Å². The Bertz CT molecular complexity index is 960. The molecule has 2 aromatic carbocycles. The Kier molecular flexibility index (Phi) is 8.57. The lowest BCUT2D eigenvalue weighted by Gasteiger charge is -2.09. The fourth-order valence-electron chi connectivity index (χ4n) is 2.19. The van der Waals surface area contributed by atoms with Gasteiger partial charge in [-0.2, -0.15) is 5.10 Å². The summed E-state index contributed by atoms with van der Waals surface area (Å²) in [7, 11) is 1.44. The standard InChI is InChI=1S/C20H19N3O6S/c1-3-10-30-13-19(24)29-17-9-4-14(11-18(17)28-2)12-21-22-20(25)15-5-7-16(8-6-15)23(26)27/h3-9,11-12H,1,10,13H2,2H3,(H,22,25)/b21-12+. The Morgan fingerprint density at radius 1 is 1.23 bits per heavy atom. The van der Waals surface area contributed by atoms with Gasteiger partial charge in [0, 0.05) is 23.4 Å². The van der Waals surface area contributed by atoms with Crippen LogP contribution in [0, 0.1) is 10.1 Å². The second-order valence-electron chi connectivity index (χ2n) is 5.69. The first kappa shape index (κ1) is 22.6. The van der Waals surface area contributed by atoms with Gasteiger partial charge in [-0.1, -0.05) is 6.08 Å². The Hall–Kier alpha value is -3.66. The molecule has 10 heteroatoms. The monoisotopic (exact) mass is 429 g/mol. The van der Waals surface area contributed by atoms with Gasteiger partial charge < -0.3 is 9.47 Å². The summed E-state index contributed by atoms with van der Waals surface area (Å²) in [5, 5.41) is 14.5. The number of nitro groups is 1. The Morgan fingerprint density at radius 3 is 2.60 bits per heavy atom. The van der Waals surface area contributed by atoms with Crippen molar-refractivity contribution in [3.8, 4) is 11.5 Å². The molecule has 0 atom stereocenters. The zero-order chi connectivity index (χ0) is 21.9. The van der Waals surface area contributed by atoms with Gasteiger partial charge in [-0.05, 0) is 35.9 Å². The van der Waals surface area contributed by atoms with Crippen LogP contribution in [0.4, 0.5) is 5.69 Å². The number of thioether (sulfide) groups is 1.